The molecule has 4 heteroatoms. The van der Waals surface area contributed by atoms with Crippen molar-refractivity contribution in [1.82, 2.24) is 0 Å². The van der Waals surface area contributed by atoms with Crippen molar-refractivity contribution < 1.29 is 13.2 Å². The molecule has 1 nitrogen and oxygen atoms in total. The standard InChI is InChI=1S/C14H12F3N/c15-14(16,17)12-4-2-9-7-11(13(18)5-6-13)3-1-10(9)8-12/h1-4,7-8H,5-6,18H2. The van der Waals surface area contributed by atoms with Crippen LogP contribution in [0.5, 0.6) is 0 Å². The molecule has 1 aliphatic carbocycles. The lowest BCUT2D eigenvalue weighted by Crippen LogP contribution is -2.18. The van der Waals surface area contributed by atoms with Crippen LogP contribution in [0.3, 0.4) is 0 Å². The van der Waals surface area contributed by atoms with E-state index in [-0.39, 0.29) is 5.54 Å². The fourth-order valence-electron chi connectivity index (χ4n) is 2.16. The van der Waals surface area contributed by atoms with E-state index in [0.29, 0.717) is 5.39 Å². The number of rotatable bonds is 1. The average Bonchev–Trinajstić information content (AvgIpc) is 3.06. The van der Waals surface area contributed by atoms with Gasteiger partial charge in [-0.2, -0.15) is 13.2 Å². The minimum absolute atomic E-state index is 0.253. The summed E-state index contributed by atoms with van der Waals surface area (Å²) in [5.41, 5.74) is 6.22. The maximum Gasteiger partial charge on any atom is 0.416 e. The third-order valence-corrected chi connectivity index (χ3v) is 3.53. The van der Waals surface area contributed by atoms with Gasteiger partial charge in [0.05, 0.1) is 5.56 Å². The largest absolute Gasteiger partial charge is 0.416 e. The van der Waals surface area contributed by atoms with Crippen LogP contribution in [0.25, 0.3) is 10.8 Å². The molecule has 2 aromatic rings. The molecule has 94 valence electrons. The molecule has 0 spiro atoms. The van der Waals surface area contributed by atoms with Gasteiger partial charge in [0.2, 0.25) is 0 Å². The predicted octanol–water partition coefficient (Wildman–Crippen LogP) is 3.81. The Labute approximate surface area is 102 Å². The summed E-state index contributed by atoms with van der Waals surface area (Å²) in [5, 5.41) is 1.40. The molecule has 0 heterocycles. The molecular weight excluding hydrogens is 239 g/mol. The zero-order valence-electron chi connectivity index (χ0n) is 9.59. The number of benzene rings is 2. The summed E-state index contributed by atoms with van der Waals surface area (Å²) in [6.45, 7) is 0. The van der Waals surface area contributed by atoms with Crippen LogP contribution in [0.15, 0.2) is 36.4 Å². The van der Waals surface area contributed by atoms with Gasteiger partial charge in [0.25, 0.3) is 0 Å². The molecule has 18 heavy (non-hydrogen) atoms. The van der Waals surface area contributed by atoms with Gasteiger partial charge in [0, 0.05) is 5.54 Å². The van der Waals surface area contributed by atoms with Crippen LogP contribution in [-0.2, 0) is 11.7 Å². The first-order valence-electron chi connectivity index (χ1n) is 5.79. The highest BCUT2D eigenvalue weighted by molar-refractivity contribution is 5.84. The monoisotopic (exact) mass is 251 g/mol. The Morgan fingerprint density at radius 3 is 2.17 bits per heavy atom. The summed E-state index contributed by atoms with van der Waals surface area (Å²) in [4.78, 5) is 0. The second-order valence-electron chi connectivity index (χ2n) is 4.93. The molecule has 0 radical (unpaired) electrons. The smallest absolute Gasteiger partial charge is 0.321 e. The normalized spacial score (nSPS) is 18.0. The van der Waals surface area contributed by atoms with Gasteiger partial charge in [0.15, 0.2) is 0 Å². The molecule has 0 saturated heterocycles. The Morgan fingerprint density at radius 2 is 1.56 bits per heavy atom. The molecule has 0 unspecified atom stereocenters. The van der Waals surface area contributed by atoms with E-state index >= 15 is 0 Å². The number of fused-ring (bicyclic) bond motifs is 1. The number of hydrogen-bond acceptors (Lipinski definition) is 1. The Hall–Kier alpha value is -1.55. The molecule has 2 aromatic carbocycles. The molecular formula is C14H12F3N. The van der Waals surface area contributed by atoms with Crippen LogP contribution >= 0.6 is 0 Å². The van der Waals surface area contributed by atoms with E-state index < -0.39 is 11.7 Å². The van der Waals surface area contributed by atoms with Crippen LogP contribution < -0.4 is 5.73 Å². The van der Waals surface area contributed by atoms with Crippen molar-refractivity contribution in [2.75, 3.05) is 0 Å². The number of alkyl halides is 3. The molecule has 0 aliphatic heterocycles. The van der Waals surface area contributed by atoms with Crippen molar-refractivity contribution in [2.45, 2.75) is 24.6 Å². The van der Waals surface area contributed by atoms with Crippen LogP contribution in [0.2, 0.25) is 0 Å². The van der Waals surface area contributed by atoms with Crippen molar-refractivity contribution in [3.05, 3.63) is 47.5 Å². The van der Waals surface area contributed by atoms with Gasteiger partial charge in [-0.25, -0.2) is 0 Å². The van der Waals surface area contributed by atoms with Crippen molar-refractivity contribution in [3.8, 4) is 0 Å². The van der Waals surface area contributed by atoms with Gasteiger partial charge in [-0.1, -0.05) is 18.2 Å². The third-order valence-electron chi connectivity index (χ3n) is 3.53. The van der Waals surface area contributed by atoms with E-state index in [1.165, 1.54) is 12.1 Å². The van der Waals surface area contributed by atoms with Crippen molar-refractivity contribution in [1.29, 1.82) is 0 Å². The minimum atomic E-state index is -4.29. The third kappa shape index (κ3) is 1.86. The van der Waals surface area contributed by atoms with Crippen molar-refractivity contribution in [3.63, 3.8) is 0 Å². The number of hydrogen-bond donors (Lipinski definition) is 1. The molecule has 1 saturated carbocycles. The van der Waals surface area contributed by atoms with E-state index in [2.05, 4.69) is 0 Å². The van der Waals surface area contributed by atoms with E-state index in [1.807, 2.05) is 12.1 Å². The van der Waals surface area contributed by atoms with Crippen LogP contribution in [0.1, 0.15) is 24.0 Å². The molecule has 2 N–H and O–H groups in total. The minimum Gasteiger partial charge on any atom is -0.321 e. The highest BCUT2D eigenvalue weighted by Crippen LogP contribution is 2.43. The van der Waals surface area contributed by atoms with E-state index in [0.717, 1.165) is 29.9 Å². The molecule has 0 bridgehead atoms. The fourth-order valence-corrected chi connectivity index (χ4v) is 2.16. The summed E-state index contributed by atoms with van der Waals surface area (Å²) >= 11 is 0. The quantitative estimate of drug-likeness (QED) is 0.819. The van der Waals surface area contributed by atoms with Crippen molar-refractivity contribution in [2.24, 2.45) is 5.73 Å². The lowest BCUT2D eigenvalue weighted by Gasteiger charge is -2.12. The Bertz CT molecular complexity index is 567. The second kappa shape index (κ2) is 3.48. The van der Waals surface area contributed by atoms with Gasteiger partial charge in [-0.05, 0) is 47.4 Å². The van der Waals surface area contributed by atoms with Crippen LogP contribution in [0.4, 0.5) is 13.2 Å². The molecule has 1 aliphatic rings. The maximum absolute atomic E-state index is 12.6. The van der Waals surface area contributed by atoms with Gasteiger partial charge < -0.3 is 5.73 Å². The molecule has 0 amide bonds. The number of nitrogens with two attached hydrogens (primary N) is 1. The summed E-state index contributed by atoms with van der Waals surface area (Å²) in [6.07, 6.45) is -2.41. The molecule has 3 rings (SSSR count). The predicted molar refractivity (Wildman–Crippen MR) is 64.0 cm³/mol. The van der Waals surface area contributed by atoms with E-state index in [4.69, 9.17) is 5.73 Å². The first-order valence-corrected chi connectivity index (χ1v) is 5.79. The van der Waals surface area contributed by atoms with Gasteiger partial charge in [0.1, 0.15) is 0 Å². The fraction of sp³-hybridized carbons (Fsp3) is 0.286. The number of halogens is 3. The highest BCUT2D eigenvalue weighted by Gasteiger charge is 2.40. The molecule has 0 atom stereocenters. The van der Waals surface area contributed by atoms with Crippen molar-refractivity contribution >= 4 is 10.8 Å². The lowest BCUT2D eigenvalue weighted by atomic mass is 9.99. The van der Waals surface area contributed by atoms with Gasteiger partial charge >= 0.3 is 6.18 Å². The average molecular weight is 251 g/mol. The first kappa shape index (κ1) is 11.5. The molecule has 1 fully saturated rings. The topological polar surface area (TPSA) is 26.0 Å². The maximum atomic E-state index is 12.6. The van der Waals surface area contributed by atoms with E-state index in [1.54, 1.807) is 6.07 Å². The Kier molecular flexibility index (Phi) is 2.23. The highest BCUT2D eigenvalue weighted by atomic mass is 19.4. The summed E-state index contributed by atoms with van der Waals surface area (Å²) in [6, 6.07) is 9.23. The second-order valence-corrected chi connectivity index (χ2v) is 4.93. The van der Waals surface area contributed by atoms with Crippen LogP contribution in [-0.4, -0.2) is 0 Å². The molecule has 0 aromatic heterocycles. The summed E-state index contributed by atoms with van der Waals surface area (Å²) < 4.78 is 37.7. The Morgan fingerprint density at radius 1 is 0.944 bits per heavy atom. The lowest BCUT2D eigenvalue weighted by molar-refractivity contribution is -0.137. The first-order chi connectivity index (χ1) is 8.38. The zero-order chi connectivity index (χ0) is 13.0. The SMILES string of the molecule is NC1(c2ccc3cc(C(F)(F)F)ccc3c2)CC1. The van der Waals surface area contributed by atoms with Gasteiger partial charge in [-0.15, -0.1) is 0 Å². The van der Waals surface area contributed by atoms with E-state index in [9.17, 15) is 13.2 Å². The van der Waals surface area contributed by atoms with Gasteiger partial charge in [-0.3, -0.25) is 0 Å². The Balaban J connectivity index is 2.09. The summed E-state index contributed by atoms with van der Waals surface area (Å²) in [7, 11) is 0. The van der Waals surface area contributed by atoms with Crippen LogP contribution in [0, 0.1) is 0 Å². The summed E-state index contributed by atoms with van der Waals surface area (Å²) in [5.74, 6) is 0. The zero-order valence-corrected chi connectivity index (χ0v) is 9.59.